The summed E-state index contributed by atoms with van der Waals surface area (Å²) in [7, 11) is 4.08. The Balaban J connectivity index is 1.68. The zero-order valence-corrected chi connectivity index (χ0v) is 18.1. The van der Waals surface area contributed by atoms with Gasteiger partial charge in [-0.25, -0.2) is 4.98 Å². The van der Waals surface area contributed by atoms with Crippen LogP contribution in [0.2, 0.25) is 0 Å². The molecule has 0 saturated heterocycles. The van der Waals surface area contributed by atoms with Gasteiger partial charge in [-0.2, -0.15) is 0 Å². The Morgan fingerprint density at radius 1 is 1.30 bits per heavy atom. The maximum absolute atomic E-state index is 12.6. The summed E-state index contributed by atoms with van der Waals surface area (Å²) >= 11 is 3.36. The van der Waals surface area contributed by atoms with E-state index in [9.17, 15) is 4.79 Å². The van der Waals surface area contributed by atoms with Crippen LogP contribution in [0, 0.1) is 20.8 Å². The molecule has 0 fully saturated rings. The molecule has 27 heavy (non-hydrogen) atoms. The molecule has 0 saturated carbocycles. The number of rotatable bonds is 7. The standard InChI is InChI=1S/C20H26N4OS2/c1-13-9-16(17-12-27-15(3)22-17)14(2)24(13)11-20(25)21-10-18(23(4)5)19-7-6-8-26-19/h6-9,12,18H,10-11H2,1-5H3,(H,21,25)/t18-/m0/s1. The highest BCUT2D eigenvalue weighted by molar-refractivity contribution is 7.10. The van der Waals surface area contributed by atoms with Gasteiger partial charge in [-0.1, -0.05) is 6.07 Å². The molecule has 7 heteroatoms. The molecule has 3 aromatic rings. The molecule has 0 radical (unpaired) electrons. The summed E-state index contributed by atoms with van der Waals surface area (Å²) in [6.45, 7) is 7.03. The lowest BCUT2D eigenvalue weighted by atomic mass is 10.2. The van der Waals surface area contributed by atoms with Gasteiger partial charge in [0.1, 0.15) is 6.54 Å². The zero-order valence-electron chi connectivity index (χ0n) is 16.4. The van der Waals surface area contributed by atoms with Crippen molar-refractivity contribution in [3.63, 3.8) is 0 Å². The lowest BCUT2D eigenvalue weighted by Gasteiger charge is -2.23. The first-order chi connectivity index (χ1) is 12.9. The van der Waals surface area contributed by atoms with Crippen LogP contribution in [0.1, 0.15) is 27.3 Å². The van der Waals surface area contributed by atoms with Crippen LogP contribution in [0.3, 0.4) is 0 Å². The van der Waals surface area contributed by atoms with Gasteiger partial charge in [0.05, 0.1) is 16.7 Å². The quantitative estimate of drug-likeness (QED) is 0.649. The van der Waals surface area contributed by atoms with E-state index >= 15 is 0 Å². The van der Waals surface area contributed by atoms with Crippen molar-refractivity contribution < 1.29 is 4.79 Å². The summed E-state index contributed by atoms with van der Waals surface area (Å²) in [5.41, 5.74) is 4.25. The number of hydrogen-bond donors (Lipinski definition) is 1. The minimum absolute atomic E-state index is 0.0289. The molecule has 5 nitrogen and oxygen atoms in total. The van der Waals surface area contributed by atoms with Crippen LogP contribution in [0.25, 0.3) is 11.3 Å². The van der Waals surface area contributed by atoms with Crippen LogP contribution < -0.4 is 5.32 Å². The van der Waals surface area contributed by atoms with Crippen molar-refractivity contribution in [3.05, 3.63) is 50.2 Å². The van der Waals surface area contributed by atoms with Crippen molar-refractivity contribution in [2.45, 2.75) is 33.4 Å². The summed E-state index contributed by atoms with van der Waals surface area (Å²) < 4.78 is 2.06. The third kappa shape index (κ3) is 4.48. The summed E-state index contributed by atoms with van der Waals surface area (Å²) in [6.07, 6.45) is 0. The Morgan fingerprint density at radius 2 is 2.07 bits per heavy atom. The summed E-state index contributed by atoms with van der Waals surface area (Å²) in [5, 5.41) is 8.30. The van der Waals surface area contributed by atoms with Crippen LogP contribution in [0.15, 0.2) is 29.0 Å². The molecular formula is C20H26N4OS2. The van der Waals surface area contributed by atoms with Crippen LogP contribution in [0.4, 0.5) is 0 Å². The largest absolute Gasteiger partial charge is 0.353 e. The number of hydrogen-bond acceptors (Lipinski definition) is 5. The number of amides is 1. The number of carbonyl (C=O) groups is 1. The lowest BCUT2D eigenvalue weighted by Crippen LogP contribution is -2.36. The minimum Gasteiger partial charge on any atom is -0.353 e. The zero-order chi connectivity index (χ0) is 19.6. The van der Waals surface area contributed by atoms with Crippen molar-refractivity contribution in [1.82, 2.24) is 19.8 Å². The first-order valence-electron chi connectivity index (χ1n) is 8.92. The highest BCUT2D eigenvalue weighted by atomic mass is 32.1. The van der Waals surface area contributed by atoms with Gasteiger partial charge < -0.3 is 14.8 Å². The van der Waals surface area contributed by atoms with Crippen molar-refractivity contribution in [2.75, 3.05) is 20.6 Å². The van der Waals surface area contributed by atoms with Gasteiger partial charge in [0.2, 0.25) is 5.91 Å². The molecule has 0 aromatic carbocycles. The molecule has 0 spiro atoms. The third-order valence-corrected chi connectivity index (χ3v) is 6.50. The number of thiophene rings is 1. The predicted octanol–water partition coefficient (Wildman–Crippen LogP) is 4.02. The normalized spacial score (nSPS) is 12.5. The molecule has 3 heterocycles. The molecular weight excluding hydrogens is 376 g/mol. The Kier molecular flexibility index (Phi) is 6.14. The monoisotopic (exact) mass is 402 g/mol. The third-order valence-electron chi connectivity index (χ3n) is 4.76. The molecule has 3 aromatic heterocycles. The molecule has 0 aliphatic heterocycles. The van der Waals surface area contributed by atoms with Crippen molar-refractivity contribution in [3.8, 4) is 11.3 Å². The van der Waals surface area contributed by atoms with Gasteiger partial charge in [0.25, 0.3) is 0 Å². The highest BCUT2D eigenvalue weighted by Crippen LogP contribution is 2.28. The molecule has 3 rings (SSSR count). The minimum atomic E-state index is 0.0289. The topological polar surface area (TPSA) is 50.2 Å². The van der Waals surface area contributed by atoms with Crippen LogP contribution in [-0.4, -0.2) is 41.0 Å². The first kappa shape index (κ1) is 19.8. The van der Waals surface area contributed by atoms with Crippen LogP contribution in [-0.2, 0) is 11.3 Å². The first-order valence-corrected chi connectivity index (χ1v) is 10.7. The Morgan fingerprint density at radius 3 is 2.67 bits per heavy atom. The van der Waals surface area contributed by atoms with E-state index in [1.165, 1.54) is 4.88 Å². The molecule has 1 amide bonds. The number of likely N-dealkylation sites (N-methyl/N-ethyl adjacent to an activating group) is 1. The maximum atomic E-state index is 12.6. The summed E-state index contributed by atoms with van der Waals surface area (Å²) in [5.74, 6) is 0.0289. The fraction of sp³-hybridized carbons (Fsp3) is 0.400. The molecule has 0 bridgehead atoms. The van der Waals surface area contributed by atoms with E-state index in [1.807, 2.05) is 34.0 Å². The fourth-order valence-corrected chi connectivity index (χ4v) is 4.75. The van der Waals surface area contributed by atoms with Crippen molar-refractivity contribution in [2.24, 2.45) is 0 Å². The fourth-order valence-electron chi connectivity index (χ4n) is 3.22. The van der Waals surface area contributed by atoms with Gasteiger partial charge in [0.15, 0.2) is 0 Å². The summed E-state index contributed by atoms with van der Waals surface area (Å²) in [4.78, 5) is 20.6. The molecule has 0 aliphatic rings. The number of aromatic nitrogens is 2. The van der Waals surface area contributed by atoms with Crippen molar-refractivity contribution in [1.29, 1.82) is 0 Å². The van der Waals surface area contributed by atoms with Gasteiger partial charge in [0, 0.05) is 33.8 Å². The van der Waals surface area contributed by atoms with E-state index < -0.39 is 0 Å². The molecule has 1 N–H and O–H groups in total. The molecule has 0 aliphatic carbocycles. The van der Waals surface area contributed by atoms with Crippen LogP contribution in [0.5, 0.6) is 0 Å². The number of thiazole rings is 1. The highest BCUT2D eigenvalue weighted by Gasteiger charge is 2.18. The predicted molar refractivity (Wildman–Crippen MR) is 114 cm³/mol. The van der Waals surface area contributed by atoms with Gasteiger partial charge >= 0.3 is 0 Å². The van der Waals surface area contributed by atoms with E-state index in [0.717, 1.165) is 27.7 Å². The van der Waals surface area contributed by atoms with Gasteiger partial charge in [-0.05, 0) is 52.4 Å². The van der Waals surface area contributed by atoms with Crippen molar-refractivity contribution >= 4 is 28.6 Å². The van der Waals surface area contributed by atoms with E-state index in [0.29, 0.717) is 13.1 Å². The number of nitrogens with zero attached hydrogens (tertiary/aromatic N) is 3. The molecule has 144 valence electrons. The van der Waals surface area contributed by atoms with Gasteiger partial charge in [-0.3, -0.25) is 4.79 Å². The number of aryl methyl sites for hydroxylation is 2. The smallest absolute Gasteiger partial charge is 0.240 e. The van der Waals surface area contributed by atoms with E-state index in [2.05, 4.69) is 49.6 Å². The average molecular weight is 403 g/mol. The second kappa shape index (κ2) is 8.37. The Hall–Kier alpha value is -1.96. The second-order valence-electron chi connectivity index (χ2n) is 6.92. The molecule has 1 atom stereocenters. The van der Waals surface area contributed by atoms with Gasteiger partial charge in [-0.15, -0.1) is 22.7 Å². The van der Waals surface area contributed by atoms with E-state index in [-0.39, 0.29) is 11.9 Å². The average Bonchev–Trinajstić information content (AvgIpc) is 3.33. The van der Waals surface area contributed by atoms with E-state index in [4.69, 9.17) is 0 Å². The second-order valence-corrected chi connectivity index (χ2v) is 8.96. The Bertz CT molecular complexity index is 909. The van der Waals surface area contributed by atoms with Crippen LogP contribution >= 0.6 is 22.7 Å². The lowest BCUT2D eigenvalue weighted by molar-refractivity contribution is -0.121. The number of carbonyl (C=O) groups excluding carboxylic acids is 1. The maximum Gasteiger partial charge on any atom is 0.240 e. The SMILES string of the molecule is Cc1nc(-c2cc(C)n(CC(=O)NC[C@@H](c3cccs3)N(C)C)c2C)cs1. The number of nitrogens with one attached hydrogen (secondary N) is 1. The summed E-state index contributed by atoms with van der Waals surface area (Å²) in [6, 6.07) is 6.47. The van der Waals surface area contributed by atoms with E-state index in [1.54, 1.807) is 22.7 Å². The Labute approximate surface area is 168 Å². The molecule has 0 unspecified atom stereocenters.